The summed E-state index contributed by atoms with van der Waals surface area (Å²) in [5.41, 5.74) is 2.62. The quantitative estimate of drug-likeness (QED) is 0.481. The van der Waals surface area contributed by atoms with Gasteiger partial charge in [0, 0.05) is 11.9 Å². The first-order valence-corrected chi connectivity index (χ1v) is 11.5. The van der Waals surface area contributed by atoms with Crippen LogP contribution >= 0.6 is 11.3 Å². The van der Waals surface area contributed by atoms with Crippen molar-refractivity contribution < 1.29 is 13.2 Å². The average molecular weight is 441 g/mol. The van der Waals surface area contributed by atoms with E-state index < -0.39 is 10.0 Å². The molecule has 0 aliphatic heterocycles. The topological polar surface area (TPSA) is 93.1 Å². The van der Waals surface area contributed by atoms with E-state index in [-0.39, 0.29) is 10.8 Å². The Morgan fingerprint density at radius 1 is 1.10 bits per heavy atom. The minimum absolute atomic E-state index is 0.179. The molecule has 2 aromatic heterocycles. The fourth-order valence-electron chi connectivity index (χ4n) is 3.08. The van der Waals surface area contributed by atoms with Gasteiger partial charge in [0.2, 0.25) is 10.0 Å². The first-order chi connectivity index (χ1) is 14.4. The van der Waals surface area contributed by atoms with Crippen LogP contribution in [0.2, 0.25) is 0 Å². The number of fused-ring (bicyclic) bond motifs is 1. The highest BCUT2D eigenvalue weighted by atomic mass is 32.2. The van der Waals surface area contributed by atoms with Crippen molar-refractivity contribution in [2.45, 2.75) is 18.4 Å². The highest BCUT2D eigenvalue weighted by Gasteiger charge is 2.17. The molecule has 0 bridgehead atoms. The molecule has 4 rings (SSSR count). The predicted molar refractivity (Wildman–Crippen MR) is 118 cm³/mol. The second-order valence-corrected chi connectivity index (χ2v) is 9.61. The van der Waals surface area contributed by atoms with E-state index in [1.165, 1.54) is 30.5 Å². The van der Waals surface area contributed by atoms with Gasteiger partial charge in [0.05, 0.1) is 21.2 Å². The number of aromatic nitrogens is 2. The summed E-state index contributed by atoms with van der Waals surface area (Å²) >= 11 is 1.39. The van der Waals surface area contributed by atoms with Gasteiger partial charge in [0.15, 0.2) is 0 Å². The molecule has 2 aromatic carbocycles. The van der Waals surface area contributed by atoms with E-state index in [1.54, 1.807) is 12.1 Å². The Bertz CT molecular complexity index is 1310. The van der Waals surface area contributed by atoms with E-state index in [4.69, 9.17) is 0 Å². The normalized spacial score (nSPS) is 11.7. The van der Waals surface area contributed by atoms with Gasteiger partial charge < -0.3 is 5.32 Å². The molecule has 1 amide bonds. The number of hydrogen-bond donors (Lipinski definition) is 2. The van der Waals surface area contributed by atoms with Crippen molar-refractivity contribution in [1.29, 1.82) is 0 Å². The molecule has 0 radical (unpaired) electrons. The minimum Gasteiger partial charge on any atom is -0.347 e. The summed E-state index contributed by atoms with van der Waals surface area (Å²) < 4.78 is 27.7. The fraction of sp³-hybridized carbons (Fsp3) is 0.143. The molecule has 2 N–H and O–H groups in total. The number of benzene rings is 2. The molecule has 30 heavy (non-hydrogen) atoms. The lowest BCUT2D eigenvalue weighted by atomic mass is 10.2. The number of hydrogen-bond acceptors (Lipinski definition) is 5. The molecule has 0 aliphatic rings. The highest BCUT2D eigenvalue weighted by Crippen LogP contribution is 2.30. The van der Waals surface area contributed by atoms with Crippen LogP contribution in [0, 0.1) is 6.92 Å². The van der Waals surface area contributed by atoms with Crippen molar-refractivity contribution >= 4 is 37.5 Å². The van der Waals surface area contributed by atoms with Gasteiger partial charge in [-0.25, -0.2) is 17.8 Å². The lowest BCUT2D eigenvalue weighted by molar-refractivity contribution is 0.0955. The second kappa shape index (κ2) is 8.02. The van der Waals surface area contributed by atoms with Crippen LogP contribution in [0.4, 0.5) is 0 Å². The second-order valence-electron chi connectivity index (χ2n) is 6.70. The molecule has 0 atom stereocenters. The van der Waals surface area contributed by atoms with Crippen LogP contribution in [-0.4, -0.2) is 31.2 Å². The van der Waals surface area contributed by atoms with Gasteiger partial charge in [-0.2, -0.15) is 5.10 Å². The molecule has 0 saturated carbocycles. The zero-order valence-corrected chi connectivity index (χ0v) is 18.0. The van der Waals surface area contributed by atoms with E-state index in [2.05, 4.69) is 15.1 Å². The van der Waals surface area contributed by atoms with Gasteiger partial charge in [-0.3, -0.25) is 4.79 Å². The van der Waals surface area contributed by atoms with Crippen molar-refractivity contribution in [2.75, 3.05) is 7.05 Å². The number of thiophene rings is 1. The number of amides is 1. The molecule has 2 heterocycles. The molecule has 4 aromatic rings. The van der Waals surface area contributed by atoms with Crippen LogP contribution in [0.15, 0.2) is 65.6 Å². The number of para-hydroxylation sites is 1. The monoisotopic (exact) mass is 440 g/mol. The maximum Gasteiger partial charge on any atom is 0.261 e. The van der Waals surface area contributed by atoms with Crippen molar-refractivity contribution in [3.8, 4) is 5.69 Å². The smallest absolute Gasteiger partial charge is 0.261 e. The highest BCUT2D eigenvalue weighted by molar-refractivity contribution is 7.89. The van der Waals surface area contributed by atoms with Crippen LogP contribution < -0.4 is 10.0 Å². The van der Waals surface area contributed by atoms with E-state index in [9.17, 15) is 13.2 Å². The minimum atomic E-state index is -3.47. The van der Waals surface area contributed by atoms with Crippen molar-refractivity contribution in [1.82, 2.24) is 19.8 Å². The van der Waals surface area contributed by atoms with Crippen molar-refractivity contribution in [3.05, 3.63) is 76.8 Å². The zero-order chi connectivity index (χ0) is 21.3. The molecular formula is C21H20N4O3S2. The largest absolute Gasteiger partial charge is 0.347 e. The Balaban J connectivity index is 1.52. The number of carbonyl (C=O) groups excluding carboxylic acids is 1. The lowest BCUT2D eigenvalue weighted by Gasteiger charge is -2.06. The molecule has 0 spiro atoms. The molecule has 0 saturated heterocycles. The lowest BCUT2D eigenvalue weighted by Crippen LogP contribution is -2.22. The molecule has 9 heteroatoms. The molecule has 0 fully saturated rings. The molecule has 7 nitrogen and oxygen atoms in total. The van der Waals surface area contributed by atoms with Gasteiger partial charge in [-0.15, -0.1) is 11.3 Å². The van der Waals surface area contributed by atoms with Crippen molar-refractivity contribution in [3.63, 3.8) is 0 Å². The van der Waals surface area contributed by atoms with Crippen LogP contribution in [0.1, 0.15) is 20.9 Å². The fourth-order valence-corrected chi connectivity index (χ4v) is 4.91. The standard InChI is InChI=1S/C21H20N4O3S2/c1-14-18-12-19(29-21(18)25(24-14)16-6-4-3-5-7-16)20(26)23-13-15-8-10-17(11-9-15)30(27,28)22-2/h3-12,22H,13H2,1-2H3,(H,23,26). The van der Waals surface area contributed by atoms with Crippen LogP contribution in [0.25, 0.3) is 15.9 Å². The first kappa shape index (κ1) is 20.3. The Morgan fingerprint density at radius 3 is 2.47 bits per heavy atom. The zero-order valence-electron chi connectivity index (χ0n) is 16.4. The Kier molecular flexibility index (Phi) is 5.42. The van der Waals surface area contributed by atoms with E-state index in [0.29, 0.717) is 11.4 Å². The van der Waals surface area contributed by atoms with Gasteiger partial charge in [0.1, 0.15) is 4.83 Å². The summed E-state index contributed by atoms with van der Waals surface area (Å²) in [4.78, 5) is 14.4. The number of carbonyl (C=O) groups is 1. The SMILES string of the molecule is CNS(=O)(=O)c1ccc(CNC(=O)c2cc3c(C)nn(-c4ccccc4)c3s2)cc1. The van der Waals surface area contributed by atoms with Crippen LogP contribution in [-0.2, 0) is 16.6 Å². The van der Waals surface area contributed by atoms with Gasteiger partial charge in [0.25, 0.3) is 5.91 Å². The van der Waals surface area contributed by atoms with Crippen LogP contribution in [0.5, 0.6) is 0 Å². The Hall–Kier alpha value is -3.01. The summed E-state index contributed by atoms with van der Waals surface area (Å²) in [7, 11) is -2.10. The number of aryl methyl sites for hydroxylation is 1. The number of nitrogens with one attached hydrogen (secondary N) is 2. The maximum absolute atomic E-state index is 12.7. The Labute approximate surface area is 178 Å². The number of rotatable bonds is 6. The Morgan fingerprint density at radius 2 is 1.80 bits per heavy atom. The van der Waals surface area contributed by atoms with Crippen molar-refractivity contribution in [2.24, 2.45) is 0 Å². The summed E-state index contributed by atoms with van der Waals surface area (Å²) in [5.74, 6) is -0.179. The molecule has 0 aliphatic carbocycles. The summed E-state index contributed by atoms with van der Waals surface area (Å²) in [6, 6.07) is 18.1. The number of sulfonamides is 1. The van der Waals surface area contributed by atoms with E-state index in [0.717, 1.165) is 27.2 Å². The first-order valence-electron chi connectivity index (χ1n) is 9.24. The van der Waals surface area contributed by atoms with Crippen LogP contribution in [0.3, 0.4) is 0 Å². The van der Waals surface area contributed by atoms with Gasteiger partial charge >= 0.3 is 0 Å². The third kappa shape index (κ3) is 3.87. The maximum atomic E-state index is 12.7. The summed E-state index contributed by atoms with van der Waals surface area (Å²) in [6.45, 7) is 2.23. The third-order valence-corrected chi connectivity index (χ3v) is 7.26. The summed E-state index contributed by atoms with van der Waals surface area (Å²) in [6.07, 6.45) is 0. The molecule has 0 unspecified atom stereocenters. The molecular weight excluding hydrogens is 420 g/mol. The molecule has 154 valence electrons. The van der Waals surface area contributed by atoms with E-state index >= 15 is 0 Å². The summed E-state index contributed by atoms with van der Waals surface area (Å²) in [5, 5.41) is 8.44. The predicted octanol–water partition coefficient (Wildman–Crippen LogP) is 3.23. The average Bonchev–Trinajstić information content (AvgIpc) is 3.33. The van der Waals surface area contributed by atoms with E-state index in [1.807, 2.05) is 48.0 Å². The van der Waals surface area contributed by atoms with Gasteiger partial charge in [-0.1, -0.05) is 30.3 Å². The third-order valence-electron chi connectivity index (χ3n) is 4.72. The number of nitrogens with zero attached hydrogens (tertiary/aromatic N) is 2. The van der Waals surface area contributed by atoms with Gasteiger partial charge in [-0.05, 0) is 49.9 Å².